The van der Waals surface area contributed by atoms with Gasteiger partial charge in [0.15, 0.2) is 0 Å². The van der Waals surface area contributed by atoms with Crippen LogP contribution in [-0.2, 0) is 6.54 Å². The lowest BCUT2D eigenvalue weighted by molar-refractivity contribution is 0.136. The van der Waals surface area contributed by atoms with E-state index in [-0.39, 0.29) is 6.10 Å². The van der Waals surface area contributed by atoms with E-state index in [4.69, 9.17) is 4.42 Å². The van der Waals surface area contributed by atoms with Gasteiger partial charge >= 0.3 is 6.01 Å². The zero-order valence-electron chi connectivity index (χ0n) is 9.68. The van der Waals surface area contributed by atoms with Gasteiger partial charge in [0.1, 0.15) is 0 Å². The van der Waals surface area contributed by atoms with Gasteiger partial charge in [-0.05, 0) is 20.4 Å². The van der Waals surface area contributed by atoms with E-state index in [1.807, 2.05) is 18.9 Å². The summed E-state index contributed by atoms with van der Waals surface area (Å²) in [4.78, 5) is 2.03. The predicted octanol–water partition coefficient (Wildman–Crippen LogP) is -0.00390. The van der Waals surface area contributed by atoms with E-state index in [1.54, 1.807) is 0 Å². The maximum Gasteiger partial charge on any atom is 0.318 e. The largest absolute Gasteiger partial charge is 0.407 e. The molecular weight excluding hydrogens is 208 g/mol. The molecule has 0 bridgehead atoms. The molecule has 0 aliphatic carbocycles. The third-order valence-corrected chi connectivity index (χ3v) is 2.96. The summed E-state index contributed by atoms with van der Waals surface area (Å²) in [5.74, 6) is 0.901. The Hall–Kier alpha value is -1.14. The third kappa shape index (κ3) is 2.33. The van der Waals surface area contributed by atoms with Crippen LogP contribution >= 0.6 is 0 Å². The highest BCUT2D eigenvalue weighted by Crippen LogP contribution is 2.24. The summed E-state index contributed by atoms with van der Waals surface area (Å²) in [6, 6.07) is 0.563. The van der Waals surface area contributed by atoms with E-state index in [2.05, 4.69) is 15.5 Å². The fourth-order valence-electron chi connectivity index (χ4n) is 1.95. The first-order valence-corrected chi connectivity index (χ1v) is 5.60. The number of aliphatic hydroxyl groups excluding tert-OH is 1. The van der Waals surface area contributed by atoms with Crippen molar-refractivity contribution < 1.29 is 9.52 Å². The molecule has 2 atom stereocenters. The average molecular weight is 226 g/mol. The number of rotatable bonds is 4. The number of aliphatic hydroxyl groups is 1. The van der Waals surface area contributed by atoms with Crippen molar-refractivity contribution in [2.45, 2.75) is 26.0 Å². The van der Waals surface area contributed by atoms with Crippen molar-refractivity contribution in [3.05, 3.63) is 5.89 Å². The first-order valence-electron chi connectivity index (χ1n) is 5.60. The Morgan fingerprint density at radius 1 is 1.62 bits per heavy atom. The average Bonchev–Trinajstić information content (AvgIpc) is 2.84. The molecule has 2 heterocycles. The highest BCUT2D eigenvalue weighted by molar-refractivity contribution is 5.26. The first kappa shape index (κ1) is 11.3. The lowest BCUT2D eigenvalue weighted by atomic mass is 10.0. The van der Waals surface area contributed by atoms with Crippen LogP contribution in [0.1, 0.15) is 19.2 Å². The Labute approximate surface area is 94.7 Å². The molecule has 1 aliphatic heterocycles. The first-order chi connectivity index (χ1) is 7.70. The molecule has 2 unspecified atom stereocenters. The summed E-state index contributed by atoms with van der Waals surface area (Å²) in [5, 5.41) is 20.4. The second kappa shape index (κ2) is 4.80. The van der Waals surface area contributed by atoms with E-state index in [0.717, 1.165) is 19.5 Å². The molecule has 2 rings (SSSR count). The minimum absolute atomic E-state index is 0.273. The van der Waals surface area contributed by atoms with Crippen LogP contribution in [0.15, 0.2) is 4.42 Å². The Kier molecular flexibility index (Phi) is 3.40. The maximum absolute atomic E-state index is 9.50. The molecule has 0 aromatic carbocycles. The second-order valence-corrected chi connectivity index (χ2v) is 4.24. The van der Waals surface area contributed by atoms with Crippen LogP contribution in [-0.4, -0.2) is 41.5 Å². The molecule has 1 fully saturated rings. The van der Waals surface area contributed by atoms with Gasteiger partial charge in [-0.3, -0.25) is 0 Å². The summed E-state index contributed by atoms with van der Waals surface area (Å²) in [6.45, 7) is 4.07. The minimum atomic E-state index is -0.273. The van der Waals surface area contributed by atoms with E-state index in [0.29, 0.717) is 24.4 Å². The summed E-state index contributed by atoms with van der Waals surface area (Å²) in [7, 11) is 1.84. The van der Waals surface area contributed by atoms with Gasteiger partial charge in [0.25, 0.3) is 0 Å². The number of nitrogens with one attached hydrogen (secondary N) is 1. The van der Waals surface area contributed by atoms with Crippen molar-refractivity contribution in [2.24, 2.45) is 5.92 Å². The van der Waals surface area contributed by atoms with Gasteiger partial charge in [0.2, 0.25) is 5.89 Å². The highest BCUT2D eigenvalue weighted by atomic mass is 16.4. The van der Waals surface area contributed by atoms with Crippen LogP contribution < -0.4 is 10.2 Å². The van der Waals surface area contributed by atoms with Crippen molar-refractivity contribution in [1.82, 2.24) is 15.5 Å². The topological polar surface area (TPSA) is 74.4 Å². The molecule has 2 N–H and O–H groups in total. The highest BCUT2D eigenvalue weighted by Gasteiger charge is 2.28. The number of hydrogen-bond donors (Lipinski definition) is 2. The Balaban J connectivity index is 1.97. The van der Waals surface area contributed by atoms with Crippen molar-refractivity contribution >= 4 is 6.01 Å². The number of anilines is 1. The van der Waals surface area contributed by atoms with Crippen LogP contribution in [0.2, 0.25) is 0 Å². The van der Waals surface area contributed by atoms with E-state index >= 15 is 0 Å². The van der Waals surface area contributed by atoms with Crippen LogP contribution in [0, 0.1) is 5.92 Å². The number of aromatic nitrogens is 2. The van der Waals surface area contributed by atoms with Gasteiger partial charge in [-0.2, -0.15) is 0 Å². The van der Waals surface area contributed by atoms with Crippen molar-refractivity contribution in [3.8, 4) is 0 Å². The van der Waals surface area contributed by atoms with Crippen LogP contribution in [0.25, 0.3) is 0 Å². The van der Waals surface area contributed by atoms with Crippen LogP contribution in [0.3, 0.4) is 0 Å². The molecule has 16 heavy (non-hydrogen) atoms. The Morgan fingerprint density at radius 2 is 2.44 bits per heavy atom. The Morgan fingerprint density at radius 3 is 3.06 bits per heavy atom. The van der Waals surface area contributed by atoms with Gasteiger partial charge in [-0.15, -0.1) is 5.10 Å². The molecule has 1 saturated heterocycles. The fourth-order valence-corrected chi connectivity index (χ4v) is 1.95. The van der Waals surface area contributed by atoms with Gasteiger partial charge in [-0.25, -0.2) is 0 Å². The summed E-state index contributed by atoms with van der Waals surface area (Å²) in [5.41, 5.74) is 0. The molecule has 0 radical (unpaired) electrons. The molecule has 6 heteroatoms. The monoisotopic (exact) mass is 226 g/mol. The minimum Gasteiger partial charge on any atom is -0.407 e. The lowest BCUT2D eigenvalue weighted by Gasteiger charge is -2.14. The van der Waals surface area contributed by atoms with E-state index in [1.165, 1.54) is 0 Å². The molecule has 1 aromatic rings. The van der Waals surface area contributed by atoms with Crippen LogP contribution in [0.5, 0.6) is 0 Å². The maximum atomic E-state index is 9.50. The van der Waals surface area contributed by atoms with Gasteiger partial charge < -0.3 is 19.7 Å². The third-order valence-electron chi connectivity index (χ3n) is 2.96. The van der Waals surface area contributed by atoms with Gasteiger partial charge in [-0.1, -0.05) is 5.10 Å². The van der Waals surface area contributed by atoms with Gasteiger partial charge in [0, 0.05) is 19.0 Å². The molecule has 1 aromatic heterocycles. The van der Waals surface area contributed by atoms with Crippen molar-refractivity contribution in [1.29, 1.82) is 0 Å². The van der Waals surface area contributed by atoms with E-state index in [9.17, 15) is 5.11 Å². The molecule has 6 nitrogen and oxygen atoms in total. The van der Waals surface area contributed by atoms with E-state index < -0.39 is 0 Å². The zero-order valence-corrected chi connectivity index (χ0v) is 9.68. The summed E-state index contributed by atoms with van der Waals surface area (Å²) >= 11 is 0. The predicted molar refractivity (Wildman–Crippen MR) is 59.1 cm³/mol. The SMILES string of the molecule is CNCc1nnc(N2CCC(C(C)O)C2)o1. The molecule has 1 aliphatic rings. The second-order valence-electron chi connectivity index (χ2n) is 4.24. The van der Waals surface area contributed by atoms with Gasteiger partial charge in [0.05, 0.1) is 12.6 Å². The fraction of sp³-hybridized carbons (Fsp3) is 0.800. The Bertz CT molecular complexity index is 339. The molecule has 90 valence electrons. The van der Waals surface area contributed by atoms with Crippen LogP contribution in [0.4, 0.5) is 6.01 Å². The molecular formula is C10H18N4O2. The summed E-state index contributed by atoms with van der Waals surface area (Å²) in [6.07, 6.45) is 0.700. The number of hydrogen-bond acceptors (Lipinski definition) is 6. The molecule has 0 spiro atoms. The van der Waals surface area contributed by atoms with Crippen molar-refractivity contribution in [2.75, 3.05) is 25.0 Å². The lowest BCUT2D eigenvalue weighted by Crippen LogP contribution is -2.24. The normalized spacial score (nSPS) is 22.7. The van der Waals surface area contributed by atoms with Crippen molar-refractivity contribution in [3.63, 3.8) is 0 Å². The quantitative estimate of drug-likeness (QED) is 0.752. The molecule has 0 saturated carbocycles. The standard InChI is InChI=1S/C10H18N4O2/c1-7(15)8-3-4-14(6-8)10-13-12-9(16-10)5-11-2/h7-8,11,15H,3-6H2,1-2H3. The smallest absolute Gasteiger partial charge is 0.318 e. The number of nitrogens with zero attached hydrogens (tertiary/aromatic N) is 3. The summed E-state index contributed by atoms with van der Waals surface area (Å²) < 4.78 is 5.50. The molecule has 0 amide bonds. The zero-order chi connectivity index (χ0) is 11.5.